The summed E-state index contributed by atoms with van der Waals surface area (Å²) >= 11 is 0. The van der Waals surface area contributed by atoms with Crippen LogP contribution in [-0.4, -0.2) is 41.9 Å². The molecule has 0 amide bonds. The lowest BCUT2D eigenvalue weighted by atomic mass is 10.0. The van der Waals surface area contributed by atoms with Gasteiger partial charge in [-0.15, -0.1) is 0 Å². The lowest BCUT2D eigenvalue weighted by Crippen LogP contribution is -2.38. The van der Waals surface area contributed by atoms with Gasteiger partial charge in [-0.3, -0.25) is 0 Å². The van der Waals surface area contributed by atoms with Crippen molar-refractivity contribution >= 4 is 16.0 Å². The number of sulfonamides is 1. The van der Waals surface area contributed by atoms with Crippen molar-refractivity contribution in [1.29, 1.82) is 0 Å². The standard InChI is InChI=1S/C18H20N2O4S/c1-13-9-11-20(12-10-13)25(23,24)17-4-2-3-16(19-17)14-5-7-15(8-6-14)18(21)22/h2-8,13H,9-12H2,1H3,(H,21,22). The molecule has 0 saturated carbocycles. The number of benzene rings is 1. The number of piperidine rings is 1. The molecule has 0 radical (unpaired) electrons. The van der Waals surface area contributed by atoms with Crippen molar-refractivity contribution in [2.45, 2.75) is 24.8 Å². The molecule has 1 fully saturated rings. The van der Waals surface area contributed by atoms with Crippen molar-refractivity contribution in [2.24, 2.45) is 5.92 Å². The minimum atomic E-state index is -3.61. The van der Waals surface area contributed by atoms with E-state index < -0.39 is 16.0 Å². The van der Waals surface area contributed by atoms with E-state index in [1.807, 2.05) is 0 Å². The number of pyridine rings is 1. The highest BCUT2D eigenvalue weighted by molar-refractivity contribution is 7.89. The van der Waals surface area contributed by atoms with Gasteiger partial charge in [-0.2, -0.15) is 4.31 Å². The van der Waals surface area contributed by atoms with Crippen molar-refractivity contribution in [3.8, 4) is 11.3 Å². The number of carboxylic acids is 1. The highest BCUT2D eigenvalue weighted by Gasteiger charge is 2.29. The van der Waals surface area contributed by atoms with E-state index in [1.54, 1.807) is 24.3 Å². The third-order valence-corrected chi connectivity index (χ3v) is 6.30. The van der Waals surface area contributed by atoms with Crippen molar-refractivity contribution in [3.05, 3.63) is 48.0 Å². The monoisotopic (exact) mass is 360 g/mol. The van der Waals surface area contributed by atoms with Gasteiger partial charge in [0.1, 0.15) is 0 Å². The summed E-state index contributed by atoms with van der Waals surface area (Å²) in [6.07, 6.45) is 1.71. The topological polar surface area (TPSA) is 87.6 Å². The van der Waals surface area contributed by atoms with E-state index in [0.29, 0.717) is 30.3 Å². The summed E-state index contributed by atoms with van der Waals surface area (Å²) in [5.74, 6) is -0.464. The second-order valence-electron chi connectivity index (χ2n) is 6.33. The van der Waals surface area contributed by atoms with E-state index >= 15 is 0 Å². The fraction of sp³-hybridized carbons (Fsp3) is 0.333. The Morgan fingerprint density at radius 1 is 1.12 bits per heavy atom. The number of aromatic nitrogens is 1. The van der Waals surface area contributed by atoms with Crippen molar-refractivity contribution < 1.29 is 18.3 Å². The molecule has 1 aromatic carbocycles. The molecule has 6 nitrogen and oxygen atoms in total. The Kier molecular flexibility index (Phi) is 4.87. The Hall–Kier alpha value is -2.25. The Labute approximate surface area is 147 Å². The normalized spacial score (nSPS) is 16.7. The van der Waals surface area contributed by atoms with Gasteiger partial charge < -0.3 is 5.11 Å². The predicted molar refractivity (Wildman–Crippen MR) is 93.8 cm³/mol. The van der Waals surface area contributed by atoms with Crippen LogP contribution in [0.4, 0.5) is 0 Å². The van der Waals surface area contributed by atoms with Gasteiger partial charge in [0, 0.05) is 18.7 Å². The minimum Gasteiger partial charge on any atom is -0.478 e. The summed E-state index contributed by atoms with van der Waals surface area (Å²) < 4.78 is 27.1. The predicted octanol–water partition coefficient (Wildman–Crippen LogP) is 2.87. The molecule has 0 spiro atoms. The molecule has 3 rings (SSSR count). The van der Waals surface area contributed by atoms with E-state index in [4.69, 9.17) is 5.11 Å². The first-order valence-corrected chi connectivity index (χ1v) is 9.63. The molecule has 0 atom stereocenters. The second kappa shape index (κ2) is 6.93. The summed E-state index contributed by atoms with van der Waals surface area (Å²) in [5.41, 5.74) is 1.35. The van der Waals surface area contributed by atoms with Gasteiger partial charge in [0.05, 0.1) is 11.3 Å². The minimum absolute atomic E-state index is 0.0295. The summed E-state index contributed by atoms with van der Waals surface area (Å²) in [6.45, 7) is 3.16. The molecule has 0 unspecified atom stereocenters. The average Bonchev–Trinajstić information content (AvgIpc) is 2.62. The summed E-state index contributed by atoms with van der Waals surface area (Å²) in [7, 11) is -3.61. The zero-order valence-corrected chi connectivity index (χ0v) is 14.7. The third kappa shape index (κ3) is 3.72. The molecule has 7 heteroatoms. The Balaban J connectivity index is 1.89. The molecule has 0 aliphatic carbocycles. The molecule has 1 N–H and O–H groups in total. The number of aromatic carboxylic acids is 1. The van der Waals surface area contributed by atoms with Crippen LogP contribution in [-0.2, 0) is 10.0 Å². The zero-order valence-electron chi connectivity index (χ0n) is 13.9. The Morgan fingerprint density at radius 2 is 1.76 bits per heavy atom. The van der Waals surface area contributed by atoms with E-state index in [0.717, 1.165) is 12.8 Å². The number of hydrogen-bond acceptors (Lipinski definition) is 4. The van der Waals surface area contributed by atoms with E-state index in [9.17, 15) is 13.2 Å². The Morgan fingerprint density at radius 3 is 2.36 bits per heavy atom. The van der Waals surface area contributed by atoms with Crippen LogP contribution in [0.25, 0.3) is 11.3 Å². The molecule has 1 saturated heterocycles. The van der Waals surface area contributed by atoms with Crippen LogP contribution in [0.3, 0.4) is 0 Å². The molecular formula is C18H20N2O4S. The van der Waals surface area contributed by atoms with Crippen LogP contribution < -0.4 is 0 Å². The highest BCUT2D eigenvalue weighted by Crippen LogP contribution is 2.24. The van der Waals surface area contributed by atoms with Gasteiger partial charge in [-0.25, -0.2) is 18.2 Å². The first kappa shape index (κ1) is 17.6. The Bertz CT molecular complexity index is 870. The van der Waals surface area contributed by atoms with Crippen LogP contribution in [0.15, 0.2) is 47.5 Å². The van der Waals surface area contributed by atoms with Crippen molar-refractivity contribution in [2.75, 3.05) is 13.1 Å². The van der Waals surface area contributed by atoms with Gasteiger partial charge in [0.2, 0.25) is 0 Å². The number of carbonyl (C=O) groups is 1. The maximum atomic E-state index is 12.8. The molecule has 1 aliphatic heterocycles. The van der Waals surface area contributed by atoms with Crippen LogP contribution in [0.1, 0.15) is 30.1 Å². The van der Waals surface area contributed by atoms with Gasteiger partial charge in [0.25, 0.3) is 10.0 Å². The first-order chi connectivity index (χ1) is 11.9. The van der Waals surface area contributed by atoms with E-state index in [2.05, 4.69) is 11.9 Å². The molecule has 1 aliphatic rings. The van der Waals surface area contributed by atoms with E-state index in [-0.39, 0.29) is 10.6 Å². The summed E-state index contributed by atoms with van der Waals surface area (Å²) in [4.78, 5) is 15.2. The molecule has 2 aromatic rings. The smallest absolute Gasteiger partial charge is 0.335 e. The number of nitrogens with zero attached hydrogens (tertiary/aromatic N) is 2. The molecule has 132 valence electrons. The lowest BCUT2D eigenvalue weighted by Gasteiger charge is -2.29. The van der Waals surface area contributed by atoms with Crippen molar-refractivity contribution in [1.82, 2.24) is 9.29 Å². The zero-order chi connectivity index (χ0) is 18.0. The van der Waals surface area contributed by atoms with Gasteiger partial charge >= 0.3 is 5.97 Å². The SMILES string of the molecule is CC1CCN(S(=O)(=O)c2cccc(-c3ccc(C(=O)O)cc3)n2)CC1. The van der Waals surface area contributed by atoms with Crippen LogP contribution >= 0.6 is 0 Å². The fourth-order valence-corrected chi connectivity index (χ4v) is 4.28. The molecular weight excluding hydrogens is 340 g/mol. The molecule has 0 bridgehead atoms. The quantitative estimate of drug-likeness (QED) is 0.906. The largest absolute Gasteiger partial charge is 0.478 e. The highest BCUT2D eigenvalue weighted by atomic mass is 32.2. The van der Waals surface area contributed by atoms with Gasteiger partial charge in [-0.1, -0.05) is 25.1 Å². The number of rotatable bonds is 4. The van der Waals surface area contributed by atoms with Crippen LogP contribution in [0.2, 0.25) is 0 Å². The fourth-order valence-electron chi connectivity index (χ4n) is 2.86. The number of carboxylic acid groups (broad SMARTS) is 1. The molecule has 25 heavy (non-hydrogen) atoms. The molecule has 2 heterocycles. The second-order valence-corrected chi connectivity index (χ2v) is 8.21. The maximum Gasteiger partial charge on any atom is 0.335 e. The number of hydrogen-bond donors (Lipinski definition) is 1. The summed E-state index contributed by atoms with van der Waals surface area (Å²) in [6, 6.07) is 11.1. The first-order valence-electron chi connectivity index (χ1n) is 8.19. The van der Waals surface area contributed by atoms with Crippen molar-refractivity contribution in [3.63, 3.8) is 0 Å². The van der Waals surface area contributed by atoms with E-state index in [1.165, 1.54) is 22.5 Å². The molecule has 1 aromatic heterocycles. The van der Waals surface area contributed by atoms with Gasteiger partial charge in [0.15, 0.2) is 5.03 Å². The lowest BCUT2D eigenvalue weighted by molar-refractivity contribution is 0.0697. The van der Waals surface area contributed by atoms with Crippen LogP contribution in [0, 0.1) is 5.92 Å². The van der Waals surface area contributed by atoms with Crippen LogP contribution in [0.5, 0.6) is 0 Å². The summed E-state index contributed by atoms with van der Waals surface area (Å²) in [5, 5.41) is 8.99. The third-order valence-electron chi connectivity index (χ3n) is 4.50. The average molecular weight is 360 g/mol. The van der Waals surface area contributed by atoms with Gasteiger partial charge in [-0.05, 0) is 43.0 Å². The maximum absolute atomic E-state index is 12.8.